The zero-order valence-corrected chi connectivity index (χ0v) is 44.4. The van der Waals surface area contributed by atoms with Gasteiger partial charge in [0.05, 0.1) is 0 Å². The summed E-state index contributed by atoms with van der Waals surface area (Å²) in [5, 5.41) is 17.6. The van der Waals surface area contributed by atoms with Crippen molar-refractivity contribution in [1.82, 2.24) is 0 Å². The molecule has 0 atom stereocenters. The molecule has 2 aromatic heterocycles. The van der Waals surface area contributed by atoms with Crippen LogP contribution in [0.1, 0.15) is 230 Å². The van der Waals surface area contributed by atoms with Crippen LogP contribution in [0.25, 0.3) is 83.4 Å². The second-order valence-electron chi connectivity index (χ2n) is 21.6. The Morgan fingerprint density at radius 1 is 0.265 bits per heavy atom. The van der Waals surface area contributed by atoms with Gasteiger partial charge < -0.3 is 0 Å². The smallest absolute Gasteiger partial charge is 0.0446 e. The van der Waals surface area contributed by atoms with Gasteiger partial charge in [-0.15, -0.1) is 22.7 Å². The summed E-state index contributed by atoms with van der Waals surface area (Å²) >= 11 is 4.11. The van der Waals surface area contributed by atoms with Crippen molar-refractivity contribution in [2.75, 3.05) is 0 Å². The largest absolute Gasteiger partial charge is 0.134 e. The predicted octanol–water partition coefficient (Wildman–Crippen LogP) is 23.5. The second-order valence-corrected chi connectivity index (χ2v) is 23.7. The Morgan fingerprint density at radius 2 is 0.544 bits per heavy atom. The van der Waals surface area contributed by atoms with E-state index in [1.807, 2.05) is 0 Å². The zero-order chi connectivity index (χ0) is 46.3. The topological polar surface area (TPSA) is 0 Å². The van der Waals surface area contributed by atoms with Crippen molar-refractivity contribution < 1.29 is 0 Å². The Morgan fingerprint density at radius 3 is 0.853 bits per heavy atom. The summed E-state index contributed by atoms with van der Waals surface area (Å²) in [6.45, 7) is 4.62. The van der Waals surface area contributed by atoms with Crippen LogP contribution in [0.2, 0.25) is 0 Å². The van der Waals surface area contributed by atoms with E-state index in [4.69, 9.17) is 0 Å². The molecule has 0 aliphatic heterocycles. The summed E-state index contributed by atoms with van der Waals surface area (Å²) in [5.41, 5.74) is 3.04. The van der Waals surface area contributed by atoms with Gasteiger partial charge in [-0.25, -0.2) is 0 Å². The van der Waals surface area contributed by atoms with Crippen molar-refractivity contribution in [3.05, 3.63) is 83.9 Å². The van der Waals surface area contributed by atoms with E-state index >= 15 is 0 Å². The summed E-state index contributed by atoms with van der Waals surface area (Å²) in [7, 11) is 0. The average molecular weight is 944 g/mol. The molecular weight excluding hydrogens is 857 g/mol. The van der Waals surface area contributed by atoms with Gasteiger partial charge in [-0.3, -0.25) is 0 Å². The summed E-state index contributed by atoms with van der Waals surface area (Å²) in [6, 6.07) is 29.3. The molecule has 0 aliphatic rings. The highest BCUT2D eigenvalue weighted by Crippen LogP contribution is 2.55. The molecule has 9 aromatic rings. The predicted molar refractivity (Wildman–Crippen MR) is 311 cm³/mol. The molecule has 0 nitrogen and oxygen atoms in total. The molecule has 7 aromatic carbocycles. The summed E-state index contributed by atoms with van der Waals surface area (Å²) in [6.07, 6.45) is 48.0. The van der Waals surface area contributed by atoms with Crippen LogP contribution in [0.3, 0.4) is 0 Å². The molecule has 0 amide bonds. The minimum absolute atomic E-state index is 1.20. The van der Waals surface area contributed by atoms with Gasteiger partial charge in [0.2, 0.25) is 0 Å². The maximum Gasteiger partial charge on any atom is 0.0446 e. The Hall–Kier alpha value is -3.46. The van der Waals surface area contributed by atoms with Crippen LogP contribution in [0.15, 0.2) is 72.8 Å². The molecule has 0 spiro atoms. The van der Waals surface area contributed by atoms with E-state index in [2.05, 4.69) is 109 Å². The molecule has 0 radical (unpaired) electrons. The Labute approximate surface area is 419 Å². The van der Waals surface area contributed by atoms with Crippen molar-refractivity contribution in [2.45, 2.75) is 232 Å². The van der Waals surface area contributed by atoms with Crippen LogP contribution < -0.4 is 0 Å². The molecule has 0 fully saturated rings. The first-order chi connectivity index (χ1) is 33.8. The molecule has 68 heavy (non-hydrogen) atoms. The van der Waals surface area contributed by atoms with Gasteiger partial charge in [0.15, 0.2) is 0 Å². The lowest BCUT2D eigenvalue weighted by atomic mass is 9.96. The van der Waals surface area contributed by atoms with Crippen molar-refractivity contribution in [3.63, 3.8) is 0 Å². The van der Waals surface area contributed by atoms with Gasteiger partial charge in [0.25, 0.3) is 0 Å². The van der Waals surface area contributed by atoms with Gasteiger partial charge in [0.1, 0.15) is 0 Å². The summed E-state index contributed by atoms with van der Waals surface area (Å²) in [4.78, 5) is 0. The SMILES string of the molecule is CCCCCCCCCCCCCCCCCCc1ccc2c(c1)sc1c2c2cccc3c2c1c1cccc2c4c5ccc(CCCCCCCCCCCCCCCCCC)cc5sc4c3c21. The van der Waals surface area contributed by atoms with E-state index in [0.29, 0.717) is 0 Å². The van der Waals surface area contributed by atoms with Crippen molar-refractivity contribution in [1.29, 1.82) is 0 Å². The maximum absolute atomic E-state index is 2.54. The number of thiophene rings is 2. The number of hydrogen-bond donors (Lipinski definition) is 0. The molecule has 2 heterocycles. The van der Waals surface area contributed by atoms with Crippen molar-refractivity contribution in [2.24, 2.45) is 0 Å². The van der Waals surface area contributed by atoms with Crippen LogP contribution in [0, 0.1) is 0 Å². The molecule has 2 heteroatoms. The van der Waals surface area contributed by atoms with Crippen LogP contribution in [0.4, 0.5) is 0 Å². The maximum atomic E-state index is 2.54. The van der Waals surface area contributed by atoms with Crippen LogP contribution in [0.5, 0.6) is 0 Å². The number of fused-ring (bicyclic) bond motifs is 12. The lowest BCUT2D eigenvalue weighted by molar-refractivity contribution is 0.529. The molecular formula is C66H86S2. The number of rotatable bonds is 34. The lowest BCUT2D eigenvalue weighted by Crippen LogP contribution is -1.87. The van der Waals surface area contributed by atoms with E-state index < -0.39 is 0 Å². The minimum Gasteiger partial charge on any atom is -0.134 e. The quantitative estimate of drug-likeness (QED) is 0.0279. The average Bonchev–Trinajstić information content (AvgIpc) is 4.10. The molecule has 0 saturated heterocycles. The number of unbranched alkanes of at least 4 members (excludes halogenated alkanes) is 30. The van der Waals surface area contributed by atoms with Gasteiger partial charge in [-0.05, 0) is 81.3 Å². The second kappa shape index (κ2) is 25.6. The molecule has 0 N–H and O–H groups in total. The number of benzene rings is 5. The Kier molecular flexibility index (Phi) is 18.6. The minimum atomic E-state index is 1.20. The lowest BCUT2D eigenvalue weighted by Gasteiger charge is -2.08. The zero-order valence-electron chi connectivity index (χ0n) is 42.8. The van der Waals surface area contributed by atoms with Gasteiger partial charge in [-0.1, -0.05) is 267 Å². The molecule has 0 saturated carbocycles. The molecule has 9 rings (SSSR count). The third-order valence-electron chi connectivity index (χ3n) is 16.3. The number of aryl methyl sites for hydroxylation is 2. The van der Waals surface area contributed by atoms with E-state index in [0.717, 1.165) is 0 Å². The van der Waals surface area contributed by atoms with Crippen LogP contribution >= 0.6 is 22.7 Å². The standard InChI is InChI=1S/C66H86S2/c1-3-5-7-9-11-13-15-17-19-21-23-25-27-29-31-33-37-49-43-45-51-57(47-49)67-65-61(51)53-39-35-42-56-59(53)63(65)55-41-36-40-54-60(55)64(56)66-62(54)52-46-44-50(48-58(52)68-66)38-34-32-30-28-26-24-22-20-18-16-14-12-10-8-6-4-2/h35-36,39-48H,3-34,37-38H2,1-2H3. The Bertz CT molecular complexity index is 2700. The van der Waals surface area contributed by atoms with Crippen LogP contribution in [-0.2, 0) is 12.8 Å². The fraction of sp³-hybridized carbons (Fsp3) is 0.545. The van der Waals surface area contributed by atoms with Gasteiger partial charge in [0, 0.05) is 51.1 Å². The van der Waals surface area contributed by atoms with E-state index in [9.17, 15) is 0 Å². The normalized spacial score (nSPS) is 12.5. The molecule has 362 valence electrons. The Balaban J connectivity index is 0.792. The molecule has 0 aliphatic carbocycles. The van der Waals surface area contributed by atoms with Gasteiger partial charge >= 0.3 is 0 Å². The van der Waals surface area contributed by atoms with Crippen molar-refractivity contribution in [3.8, 4) is 0 Å². The highest BCUT2D eigenvalue weighted by atomic mass is 32.1. The van der Waals surface area contributed by atoms with Crippen molar-refractivity contribution >= 4 is 106 Å². The van der Waals surface area contributed by atoms with Crippen LogP contribution in [-0.4, -0.2) is 0 Å². The first kappa shape index (κ1) is 49.5. The van der Waals surface area contributed by atoms with E-state index in [-0.39, 0.29) is 0 Å². The fourth-order valence-electron chi connectivity index (χ4n) is 12.5. The fourth-order valence-corrected chi connectivity index (χ4v) is 15.1. The molecule has 0 bridgehead atoms. The summed E-state index contributed by atoms with van der Waals surface area (Å²) in [5.74, 6) is 0. The van der Waals surface area contributed by atoms with E-state index in [1.165, 1.54) is 313 Å². The molecule has 0 unspecified atom stereocenters. The third-order valence-corrected chi connectivity index (χ3v) is 18.6. The number of hydrogen-bond acceptors (Lipinski definition) is 2. The van der Waals surface area contributed by atoms with Gasteiger partial charge in [-0.2, -0.15) is 0 Å². The first-order valence-electron chi connectivity index (χ1n) is 28.9. The summed E-state index contributed by atoms with van der Waals surface area (Å²) < 4.78 is 5.92. The monoisotopic (exact) mass is 943 g/mol. The third kappa shape index (κ3) is 11.7. The highest BCUT2D eigenvalue weighted by Gasteiger charge is 2.25. The van der Waals surface area contributed by atoms with E-state index in [1.54, 1.807) is 0 Å². The first-order valence-corrected chi connectivity index (χ1v) is 30.5. The highest BCUT2D eigenvalue weighted by molar-refractivity contribution is 7.28.